The summed E-state index contributed by atoms with van der Waals surface area (Å²) in [5, 5.41) is 11.8. The molecule has 0 radical (unpaired) electrons. The normalized spacial score (nSPS) is 10.1. The van der Waals surface area contributed by atoms with Gasteiger partial charge >= 0.3 is 0 Å². The van der Waals surface area contributed by atoms with Gasteiger partial charge in [0.2, 0.25) is 0 Å². The van der Waals surface area contributed by atoms with E-state index in [9.17, 15) is 4.79 Å². The van der Waals surface area contributed by atoms with Crippen LogP contribution in [-0.4, -0.2) is 11.0 Å². The van der Waals surface area contributed by atoms with E-state index in [2.05, 4.69) is 5.32 Å². The number of carbonyl (C=O) groups is 1. The van der Waals surface area contributed by atoms with E-state index in [0.29, 0.717) is 5.56 Å². The number of hydrogen-bond donors (Lipinski definition) is 2. The quantitative estimate of drug-likeness (QED) is 0.868. The number of para-hydroxylation sites is 1. The Kier molecular flexibility index (Phi) is 3.75. The van der Waals surface area contributed by atoms with Crippen molar-refractivity contribution in [3.05, 3.63) is 65.2 Å². The minimum atomic E-state index is -0.145. The van der Waals surface area contributed by atoms with Gasteiger partial charge in [0.25, 0.3) is 5.91 Å². The minimum absolute atomic E-state index is 0.0142. The Balaban J connectivity index is 2.14. The van der Waals surface area contributed by atoms with Crippen molar-refractivity contribution in [2.45, 2.75) is 13.5 Å². The zero-order valence-electron chi connectivity index (χ0n) is 10.2. The molecule has 0 saturated carbocycles. The number of aliphatic hydroxyl groups excluding tert-OH is 1. The second kappa shape index (κ2) is 5.47. The Bertz CT molecular complexity index is 547. The maximum atomic E-state index is 12.0. The van der Waals surface area contributed by atoms with Gasteiger partial charge in [-0.3, -0.25) is 4.79 Å². The highest BCUT2D eigenvalue weighted by atomic mass is 16.3. The number of amides is 1. The van der Waals surface area contributed by atoms with E-state index < -0.39 is 0 Å². The van der Waals surface area contributed by atoms with E-state index in [4.69, 9.17) is 5.11 Å². The summed E-state index contributed by atoms with van der Waals surface area (Å²) in [6.07, 6.45) is 0. The van der Waals surface area contributed by atoms with Gasteiger partial charge in [0.05, 0.1) is 6.61 Å². The van der Waals surface area contributed by atoms with Gasteiger partial charge in [-0.25, -0.2) is 0 Å². The Morgan fingerprint density at radius 1 is 1.11 bits per heavy atom. The summed E-state index contributed by atoms with van der Waals surface area (Å²) in [5.74, 6) is -0.145. The van der Waals surface area contributed by atoms with Crippen LogP contribution in [0.25, 0.3) is 0 Å². The van der Waals surface area contributed by atoms with Crippen molar-refractivity contribution < 1.29 is 9.90 Å². The molecule has 3 heteroatoms. The van der Waals surface area contributed by atoms with E-state index in [1.54, 1.807) is 24.3 Å². The molecule has 0 spiro atoms. The van der Waals surface area contributed by atoms with Gasteiger partial charge in [0.1, 0.15) is 0 Å². The topological polar surface area (TPSA) is 49.3 Å². The first-order valence-corrected chi connectivity index (χ1v) is 5.77. The molecular formula is C15H15NO2. The van der Waals surface area contributed by atoms with Crippen LogP contribution in [0.5, 0.6) is 0 Å². The van der Waals surface area contributed by atoms with Gasteiger partial charge in [-0.05, 0) is 36.2 Å². The highest BCUT2D eigenvalue weighted by molar-refractivity contribution is 6.04. The van der Waals surface area contributed by atoms with Gasteiger partial charge in [0, 0.05) is 11.3 Å². The van der Waals surface area contributed by atoms with Crippen molar-refractivity contribution in [2.75, 3.05) is 5.32 Å². The molecule has 0 aliphatic rings. The third-order valence-corrected chi connectivity index (χ3v) is 2.79. The molecule has 0 aromatic heterocycles. The third-order valence-electron chi connectivity index (χ3n) is 2.79. The molecule has 0 atom stereocenters. The molecule has 0 unspecified atom stereocenters. The summed E-state index contributed by atoms with van der Waals surface area (Å²) >= 11 is 0. The highest BCUT2D eigenvalue weighted by Crippen LogP contribution is 2.15. The van der Waals surface area contributed by atoms with Crippen LogP contribution in [0.2, 0.25) is 0 Å². The number of hydrogen-bond acceptors (Lipinski definition) is 2. The van der Waals surface area contributed by atoms with E-state index >= 15 is 0 Å². The number of aryl methyl sites for hydroxylation is 1. The van der Waals surface area contributed by atoms with Crippen molar-refractivity contribution in [1.82, 2.24) is 0 Å². The Hall–Kier alpha value is -2.13. The Labute approximate surface area is 106 Å². The molecule has 2 aromatic rings. The number of rotatable bonds is 3. The largest absolute Gasteiger partial charge is 0.392 e. The molecule has 2 aromatic carbocycles. The fraction of sp³-hybridized carbons (Fsp3) is 0.133. The monoisotopic (exact) mass is 241 g/mol. The maximum absolute atomic E-state index is 12.0. The molecule has 92 valence electrons. The second-order valence-corrected chi connectivity index (χ2v) is 4.12. The first kappa shape index (κ1) is 12.3. The zero-order chi connectivity index (χ0) is 13.0. The van der Waals surface area contributed by atoms with E-state index in [-0.39, 0.29) is 12.5 Å². The lowest BCUT2D eigenvalue weighted by Gasteiger charge is -2.08. The smallest absolute Gasteiger partial charge is 0.255 e. The van der Waals surface area contributed by atoms with E-state index in [0.717, 1.165) is 16.8 Å². The summed E-state index contributed by atoms with van der Waals surface area (Å²) in [6, 6.07) is 14.5. The number of aliphatic hydroxyl groups is 1. The van der Waals surface area contributed by atoms with Gasteiger partial charge in [-0.2, -0.15) is 0 Å². The first-order chi connectivity index (χ1) is 8.70. The van der Waals surface area contributed by atoms with Crippen LogP contribution in [-0.2, 0) is 6.61 Å². The summed E-state index contributed by atoms with van der Waals surface area (Å²) in [4.78, 5) is 12.0. The molecule has 3 nitrogen and oxygen atoms in total. The molecule has 1 amide bonds. The second-order valence-electron chi connectivity index (χ2n) is 4.12. The highest BCUT2D eigenvalue weighted by Gasteiger charge is 2.06. The molecular weight excluding hydrogens is 226 g/mol. The average molecular weight is 241 g/mol. The van der Waals surface area contributed by atoms with Crippen LogP contribution in [0.15, 0.2) is 48.5 Å². The van der Waals surface area contributed by atoms with Crippen molar-refractivity contribution in [3.8, 4) is 0 Å². The van der Waals surface area contributed by atoms with Crippen molar-refractivity contribution in [3.63, 3.8) is 0 Å². The fourth-order valence-corrected chi connectivity index (χ4v) is 1.67. The first-order valence-electron chi connectivity index (χ1n) is 5.77. The lowest BCUT2D eigenvalue weighted by atomic mass is 10.1. The van der Waals surface area contributed by atoms with Crippen LogP contribution in [0.1, 0.15) is 21.5 Å². The number of carbonyl (C=O) groups excluding carboxylic acids is 1. The van der Waals surface area contributed by atoms with Gasteiger partial charge in [0.15, 0.2) is 0 Å². The maximum Gasteiger partial charge on any atom is 0.255 e. The molecule has 18 heavy (non-hydrogen) atoms. The number of nitrogens with one attached hydrogen (secondary N) is 1. The van der Waals surface area contributed by atoms with Gasteiger partial charge < -0.3 is 10.4 Å². The SMILES string of the molecule is Cc1ccccc1NC(=O)c1ccc(CO)cc1. The summed E-state index contributed by atoms with van der Waals surface area (Å²) < 4.78 is 0. The Morgan fingerprint density at radius 3 is 2.39 bits per heavy atom. The van der Waals surface area contributed by atoms with Crippen LogP contribution in [0, 0.1) is 6.92 Å². The summed E-state index contributed by atoms with van der Waals surface area (Å²) in [5.41, 5.74) is 3.21. The number of anilines is 1. The average Bonchev–Trinajstić information content (AvgIpc) is 2.41. The molecule has 2 N–H and O–H groups in total. The predicted octanol–water partition coefficient (Wildman–Crippen LogP) is 2.74. The third kappa shape index (κ3) is 2.76. The molecule has 0 bridgehead atoms. The minimum Gasteiger partial charge on any atom is -0.392 e. The van der Waals surface area contributed by atoms with Crippen LogP contribution in [0.4, 0.5) is 5.69 Å². The van der Waals surface area contributed by atoms with Crippen molar-refractivity contribution in [1.29, 1.82) is 0 Å². The van der Waals surface area contributed by atoms with Crippen molar-refractivity contribution in [2.24, 2.45) is 0 Å². The Morgan fingerprint density at radius 2 is 1.78 bits per heavy atom. The lowest BCUT2D eigenvalue weighted by Crippen LogP contribution is -2.12. The van der Waals surface area contributed by atoms with Crippen LogP contribution < -0.4 is 5.32 Å². The summed E-state index contributed by atoms with van der Waals surface area (Å²) in [6.45, 7) is 1.93. The molecule has 0 aliphatic carbocycles. The van der Waals surface area contributed by atoms with Gasteiger partial charge in [-0.1, -0.05) is 30.3 Å². The summed E-state index contributed by atoms with van der Waals surface area (Å²) in [7, 11) is 0. The molecule has 0 fully saturated rings. The lowest BCUT2D eigenvalue weighted by molar-refractivity contribution is 0.102. The zero-order valence-corrected chi connectivity index (χ0v) is 10.2. The van der Waals surface area contributed by atoms with Gasteiger partial charge in [-0.15, -0.1) is 0 Å². The van der Waals surface area contributed by atoms with Crippen LogP contribution >= 0.6 is 0 Å². The van der Waals surface area contributed by atoms with E-state index in [1.807, 2.05) is 31.2 Å². The van der Waals surface area contributed by atoms with E-state index in [1.165, 1.54) is 0 Å². The molecule has 0 saturated heterocycles. The standard InChI is InChI=1S/C15H15NO2/c1-11-4-2-3-5-14(11)16-15(18)13-8-6-12(10-17)7-9-13/h2-9,17H,10H2,1H3,(H,16,18). The molecule has 2 rings (SSSR count). The predicted molar refractivity (Wildman–Crippen MR) is 71.5 cm³/mol. The van der Waals surface area contributed by atoms with Crippen LogP contribution in [0.3, 0.4) is 0 Å². The molecule has 0 aliphatic heterocycles. The van der Waals surface area contributed by atoms with Crippen molar-refractivity contribution >= 4 is 11.6 Å². The number of benzene rings is 2. The fourth-order valence-electron chi connectivity index (χ4n) is 1.67. The molecule has 0 heterocycles.